The summed E-state index contributed by atoms with van der Waals surface area (Å²) in [6, 6.07) is 16.2. The average Bonchev–Trinajstić information content (AvgIpc) is 3.42. The van der Waals surface area contributed by atoms with Crippen LogP contribution in [-0.2, 0) is 11.2 Å². The van der Waals surface area contributed by atoms with Crippen LogP contribution in [0.3, 0.4) is 0 Å². The minimum Gasteiger partial charge on any atom is -0.484 e. The van der Waals surface area contributed by atoms with Crippen molar-refractivity contribution in [1.82, 2.24) is 4.98 Å². The molecule has 2 aromatic carbocycles. The summed E-state index contributed by atoms with van der Waals surface area (Å²) in [6.45, 7) is 2.00. The fourth-order valence-corrected chi connectivity index (χ4v) is 3.69. The van der Waals surface area contributed by atoms with Crippen molar-refractivity contribution in [3.05, 3.63) is 72.2 Å². The lowest BCUT2D eigenvalue weighted by Crippen LogP contribution is -2.20. The number of carbonyl (C=O) groups is 2. The van der Waals surface area contributed by atoms with Gasteiger partial charge in [-0.05, 0) is 54.4 Å². The fraction of sp³-hybridized carbons (Fsp3) is 0.136. The summed E-state index contributed by atoms with van der Waals surface area (Å²) in [5.41, 5.74) is 2.56. The van der Waals surface area contributed by atoms with Crippen LogP contribution < -0.4 is 15.4 Å². The SMILES string of the molecule is CCc1ccc(OCC(=O)Nc2ccc3nc(NC(=O)c4ccco4)sc3c2)cc1. The molecule has 4 rings (SSSR count). The third-order valence-electron chi connectivity index (χ3n) is 4.34. The van der Waals surface area contributed by atoms with Crippen molar-refractivity contribution in [3.8, 4) is 5.75 Å². The molecule has 0 aliphatic rings. The van der Waals surface area contributed by atoms with Crippen LogP contribution in [0, 0.1) is 0 Å². The minimum absolute atomic E-state index is 0.0867. The molecule has 0 aliphatic carbocycles. The van der Waals surface area contributed by atoms with Gasteiger partial charge in [-0.25, -0.2) is 4.98 Å². The zero-order valence-electron chi connectivity index (χ0n) is 16.2. The molecule has 2 heterocycles. The van der Waals surface area contributed by atoms with Gasteiger partial charge in [0.05, 0.1) is 16.5 Å². The number of fused-ring (bicyclic) bond motifs is 1. The second-order valence-corrected chi connectivity index (χ2v) is 7.50. The molecule has 30 heavy (non-hydrogen) atoms. The summed E-state index contributed by atoms with van der Waals surface area (Å²) in [5.74, 6) is 0.241. The van der Waals surface area contributed by atoms with Crippen molar-refractivity contribution in [2.24, 2.45) is 0 Å². The second-order valence-electron chi connectivity index (χ2n) is 6.47. The van der Waals surface area contributed by atoms with Crippen LogP contribution in [0.1, 0.15) is 23.0 Å². The lowest BCUT2D eigenvalue weighted by atomic mass is 10.2. The largest absolute Gasteiger partial charge is 0.484 e. The summed E-state index contributed by atoms with van der Waals surface area (Å²) in [5, 5.41) is 5.97. The van der Waals surface area contributed by atoms with Gasteiger partial charge < -0.3 is 14.5 Å². The van der Waals surface area contributed by atoms with Crippen LogP contribution in [0.2, 0.25) is 0 Å². The minimum atomic E-state index is -0.364. The molecule has 0 bridgehead atoms. The summed E-state index contributed by atoms with van der Waals surface area (Å²) in [7, 11) is 0. The predicted octanol–water partition coefficient (Wildman–Crippen LogP) is 4.72. The van der Waals surface area contributed by atoms with Gasteiger partial charge in [-0.1, -0.05) is 30.4 Å². The molecule has 2 N–H and O–H groups in total. The van der Waals surface area contributed by atoms with Crippen LogP contribution in [-0.4, -0.2) is 23.4 Å². The molecule has 2 amide bonds. The maximum Gasteiger partial charge on any atom is 0.293 e. The van der Waals surface area contributed by atoms with E-state index in [2.05, 4.69) is 22.5 Å². The van der Waals surface area contributed by atoms with Gasteiger partial charge in [0.15, 0.2) is 17.5 Å². The van der Waals surface area contributed by atoms with Gasteiger partial charge in [0.2, 0.25) is 0 Å². The van der Waals surface area contributed by atoms with E-state index in [1.54, 1.807) is 24.3 Å². The predicted molar refractivity (Wildman–Crippen MR) is 116 cm³/mol. The van der Waals surface area contributed by atoms with Gasteiger partial charge in [-0.2, -0.15) is 0 Å². The Bertz CT molecular complexity index is 1170. The number of hydrogen-bond donors (Lipinski definition) is 2. The molecule has 0 unspecified atom stereocenters. The quantitative estimate of drug-likeness (QED) is 0.450. The first-order chi connectivity index (χ1) is 14.6. The normalized spacial score (nSPS) is 10.7. The van der Waals surface area contributed by atoms with E-state index in [4.69, 9.17) is 9.15 Å². The Morgan fingerprint density at radius 2 is 1.93 bits per heavy atom. The van der Waals surface area contributed by atoms with Crippen LogP contribution in [0.4, 0.5) is 10.8 Å². The Hall–Kier alpha value is -3.65. The van der Waals surface area contributed by atoms with Crippen LogP contribution in [0.25, 0.3) is 10.2 Å². The zero-order valence-corrected chi connectivity index (χ0v) is 17.0. The fourth-order valence-electron chi connectivity index (χ4n) is 2.79. The molecule has 7 nitrogen and oxygen atoms in total. The molecule has 0 saturated heterocycles. The standard InChI is InChI=1S/C22H19N3O4S/c1-2-14-5-8-16(9-6-14)29-13-20(26)23-15-7-10-17-19(12-15)30-22(24-17)25-21(27)18-4-3-11-28-18/h3-12H,2,13H2,1H3,(H,23,26)(H,24,25,27). The lowest BCUT2D eigenvalue weighted by molar-refractivity contribution is -0.118. The second kappa shape index (κ2) is 8.79. The molecule has 0 spiro atoms. The number of thiazole rings is 1. The van der Waals surface area contributed by atoms with Crippen molar-refractivity contribution in [2.75, 3.05) is 17.2 Å². The van der Waals surface area contributed by atoms with Crippen molar-refractivity contribution in [2.45, 2.75) is 13.3 Å². The Labute approximate surface area is 176 Å². The maximum absolute atomic E-state index is 12.2. The topological polar surface area (TPSA) is 93.5 Å². The number of benzene rings is 2. The third kappa shape index (κ3) is 4.66. The van der Waals surface area contributed by atoms with Crippen LogP contribution in [0.5, 0.6) is 5.75 Å². The number of rotatable bonds is 7. The number of nitrogens with one attached hydrogen (secondary N) is 2. The molecule has 0 atom stereocenters. The van der Waals surface area contributed by atoms with E-state index >= 15 is 0 Å². The molecule has 2 aromatic heterocycles. The van der Waals surface area contributed by atoms with Crippen molar-refractivity contribution >= 4 is 44.2 Å². The molecule has 4 aromatic rings. The number of carbonyl (C=O) groups excluding carboxylic acids is 2. The van der Waals surface area contributed by atoms with Crippen LogP contribution in [0.15, 0.2) is 65.3 Å². The Balaban J connectivity index is 1.36. The molecular formula is C22H19N3O4S. The highest BCUT2D eigenvalue weighted by molar-refractivity contribution is 7.22. The summed E-state index contributed by atoms with van der Waals surface area (Å²) < 4.78 is 11.4. The van der Waals surface area contributed by atoms with E-state index in [0.717, 1.165) is 16.6 Å². The number of furan rings is 1. The summed E-state index contributed by atoms with van der Waals surface area (Å²) in [4.78, 5) is 28.7. The van der Waals surface area contributed by atoms with Gasteiger partial charge in [-0.3, -0.25) is 14.9 Å². The molecule has 8 heteroatoms. The molecule has 0 radical (unpaired) electrons. The van der Waals surface area contributed by atoms with Gasteiger partial charge in [0.25, 0.3) is 11.8 Å². The Morgan fingerprint density at radius 1 is 1.10 bits per heavy atom. The van der Waals surface area contributed by atoms with Gasteiger partial charge in [0, 0.05) is 5.69 Å². The van der Waals surface area contributed by atoms with Crippen molar-refractivity contribution in [3.63, 3.8) is 0 Å². The number of aryl methyl sites for hydroxylation is 1. The summed E-state index contributed by atoms with van der Waals surface area (Å²) >= 11 is 1.31. The monoisotopic (exact) mass is 421 g/mol. The number of hydrogen-bond acceptors (Lipinski definition) is 6. The molecule has 0 fully saturated rings. The van der Waals surface area contributed by atoms with E-state index in [1.165, 1.54) is 23.2 Å². The lowest BCUT2D eigenvalue weighted by Gasteiger charge is -2.08. The number of amides is 2. The third-order valence-corrected chi connectivity index (χ3v) is 5.27. The van der Waals surface area contributed by atoms with Crippen molar-refractivity contribution in [1.29, 1.82) is 0 Å². The molecule has 152 valence electrons. The first-order valence-electron chi connectivity index (χ1n) is 9.38. The highest BCUT2D eigenvalue weighted by atomic mass is 32.1. The van der Waals surface area contributed by atoms with E-state index in [1.807, 2.05) is 30.3 Å². The van der Waals surface area contributed by atoms with Gasteiger partial charge in [-0.15, -0.1) is 0 Å². The first kappa shape index (κ1) is 19.7. The van der Waals surface area contributed by atoms with E-state index < -0.39 is 0 Å². The highest BCUT2D eigenvalue weighted by Crippen LogP contribution is 2.28. The average molecular weight is 421 g/mol. The van der Waals surface area contributed by atoms with E-state index in [-0.39, 0.29) is 24.2 Å². The van der Waals surface area contributed by atoms with E-state index in [0.29, 0.717) is 16.6 Å². The smallest absolute Gasteiger partial charge is 0.293 e. The number of ether oxygens (including phenoxy) is 1. The molecular weight excluding hydrogens is 402 g/mol. The maximum atomic E-state index is 12.2. The van der Waals surface area contributed by atoms with Crippen molar-refractivity contribution < 1.29 is 18.7 Å². The molecule has 0 saturated carbocycles. The highest BCUT2D eigenvalue weighted by Gasteiger charge is 2.13. The summed E-state index contributed by atoms with van der Waals surface area (Å²) in [6.07, 6.45) is 2.39. The number of aromatic nitrogens is 1. The number of anilines is 2. The van der Waals surface area contributed by atoms with Crippen LogP contribution >= 0.6 is 11.3 Å². The molecule has 0 aliphatic heterocycles. The zero-order chi connectivity index (χ0) is 20.9. The Morgan fingerprint density at radius 3 is 2.67 bits per heavy atom. The number of nitrogens with zero attached hydrogens (tertiary/aromatic N) is 1. The van der Waals surface area contributed by atoms with Gasteiger partial charge in [0.1, 0.15) is 5.75 Å². The van der Waals surface area contributed by atoms with Gasteiger partial charge >= 0.3 is 0 Å². The first-order valence-corrected chi connectivity index (χ1v) is 10.2. The Kier molecular flexibility index (Phi) is 5.76. The van der Waals surface area contributed by atoms with E-state index in [9.17, 15) is 9.59 Å².